The van der Waals surface area contributed by atoms with Gasteiger partial charge in [0.15, 0.2) is 0 Å². The molecule has 5 heteroatoms. The van der Waals surface area contributed by atoms with E-state index in [0.717, 1.165) is 30.8 Å². The summed E-state index contributed by atoms with van der Waals surface area (Å²) < 4.78 is 1.69. The largest absolute Gasteiger partial charge is 0.306 e. The molecule has 1 nitrogen and oxygen atoms in total. The first-order valence-electron chi connectivity index (χ1n) is 5.56. The molecule has 18 heavy (non-hydrogen) atoms. The van der Waals surface area contributed by atoms with Crippen LogP contribution in [0.3, 0.4) is 0 Å². The molecule has 0 bridgehead atoms. The Kier molecular flexibility index (Phi) is 5.10. The van der Waals surface area contributed by atoms with Crippen LogP contribution in [0, 0.1) is 0 Å². The Labute approximate surface area is 129 Å². The minimum Gasteiger partial charge on any atom is -0.306 e. The van der Waals surface area contributed by atoms with E-state index in [1.165, 1.54) is 0 Å². The van der Waals surface area contributed by atoms with E-state index in [1.807, 2.05) is 30.3 Å². The Morgan fingerprint density at radius 3 is 2.61 bits per heavy atom. The molecule has 1 aromatic heterocycles. The lowest BCUT2D eigenvalue weighted by atomic mass is 10.1. The van der Waals surface area contributed by atoms with E-state index in [0.29, 0.717) is 0 Å². The summed E-state index contributed by atoms with van der Waals surface area (Å²) in [6.45, 7) is 2.94. The van der Waals surface area contributed by atoms with Crippen molar-refractivity contribution in [1.82, 2.24) is 5.32 Å². The van der Waals surface area contributed by atoms with Crippen LogP contribution in [-0.4, -0.2) is 6.54 Å². The number of nitrogens with one attached hydrogen (secondary N) is 1. The molecule has 1 heterocycles. The quantitative estimate of drug-likeness (QED) is 0.753. The van der Waals surface area contributed by atoms with E-state index in [-0.39, 0.29) is 6.04 Å². The van der Waals surface area contributed by atoms with Crippen molar-refractivity contribution in [2.45, 2.75) is 13.0 Å². The van der Waals surface area contributed by atoms with Gasteiger partial charge in [-0.1, -0.05) is 48.3 Å². The molecule has 1 unspecified atom stereocenters. The molecule has 1 atom stereocenters. The average Bonchev–Trinajstić information content (AvgIpc) is 2.68. The number of hydrogen-bond donors (Lipinski definition) is 1. The first kappa shape index (κ1) is 14.4. The minimum absolute atomic E-state index is 0.0810. The van der Waals surface area contributed by atoms with Gasteiger partial charge >= 0.3 is 0 Å². The normalized spacial score (nSPS) is 12.7. The van der Waals surface area contributed by atoms with Gasteiger partial charge in [0.25, 0.3) is 0 Å². The summed E-state index contributed by atoms with van der Waals surface area (Å²) in [4.78, 5) is 1.15. The van der Waals surface area contributed by atoms with E-state index in [9.17, 15) is 0 Å². The molecule has 2 rings (SSSR count). The van der Waals surface area contributed by atoms with Crippen LogP contribution >= 0.6 is 50.5 Å². The zero-order chi connectivity index (χ0) is 13.1. The summed E-state index contributed by atoms with van der Waals surface area (Å²) >= 11 is 17.4. The van der Waals surface area contributed by atoms with E-state index >= 15 is 0 Å². The van der Waals surface area contributed by atoms with Crippen molar-refractivity contribution in [3.05, 3.63) is 54.6 Å². The van der Waals surface area contributed by atoms with Gasteiger partial charge in [-0.3, -0.25) is 0 Å². The highest BCUT2D eigenvalue weighted by molar-refractivity contribution is 9.10. The minimum atomic E-state index is 0.0810. The maximum atomic E-state index is 6.27. The van der Waals surface area contributed by atoms with Gasteiger partial charge in [-0.15, -0.1) is 11.3 Å². The third-order valence-corrected chi connectivity index (χ3v) is 5.46. The Morgan fingerprint density at radius 2 is 2.06 bits per heavy atom. The molecule has 0 radical (unpaired) electrons. The van der Waals surface area contributed by atoms with Gasteiger partial charge < -0.3 is 5.32 Å². The van der Waals surface area contributed by atoms with Crippen LogP contribution in [0.2, 0.25) is 9.36 Å². The van der Waals surface area contributed by atoms with Gasteiger partial charge in [-0.25, -0.2) is 0 Å². The van der Waals surface area contributed by atoms with Crippen LogP contribution in [0.15, 0.2) is 34.8 Å². The molecule has 1 aromatic carbocycles. The zero-order valence-electron chi connectivity index (χ0n) is 9.71. The number of benzene rings is 1. The number of thiophene rings is 1. The molecule has 0 saturated carbocycles. The van der Waals surface area contributed by atoms with Crippen molar-refractivity contribution in [2.75, 3.05) is 6.54 Å². The second-order valence-electron chi connectivity index (χ2n) is 3.78. The molecule has 2 aromatic rings. The molecular weight excluding hydrogens is 353 g/mol. The number of hydrogen-bond acceptors (Lipinski definition) is 2. The monoisotopic (exact) mass is 363 g/mol. The fourth-order valence-electron chi connectivity index (χ4n) is 1.78. The van der Waals surface area contributed by atoms with Crippen molar-refractivity contribution in [1.29, 1.82) is 0 Å². The molecule has 0 aliphatic carbocycles. The van der Waals surface area contributed by atoms with Crippen LogP contribution in [-0.2, 0) is 0 Å². The van der Waals surface area contributed by atoms with Crippen LogP contribution in [0.25, 0.3) is 0 Å². The molecule has 0 spiro atoms. The third-order valence-electron chi connectivity index (χ3n) is 2.57. The number of rotatable bonds is 4. The highest BCUT2D eigenvalue weighted by Gasteiger charge is 2.19. The van der Waals surface area contributed by atoms with Crippen molar-refractivity contribution in [2.24, 2.45) is 0 Å². The van der Waals surface area contributed by atoms with E-state index in [2.05, 4.69) is 28.2 Å². The van der Waals surface area contributed by atoms with Gasteiger partial charge in [0.1, 0.15) is 4.34 Å². The summed E-state index contributed by atoms with van der Waals surface area (Å²) in [6, 6.07) is 10.0. The predicted molar refractivity (Wildman–Crippen MR) is 84.0 cm³/mol. The van der Waals surface area contributed by atoms with Gasteiger partial charge in [0, 0.05) is 14.4 Å². The maximum Gasteiger partial charge on any atom is 0.107 e. The molecular formula is C13H12BrCl2NS. The van der Waals surface area contributed by atoms with Crippen LogP contribution in [0.5, 0.6) is 0 Å². The molecule has 0 saturated heterocycles. The van der Waals surface area contributed by atoms with Gasteiger partial charge in [-0.2, -0.15) is 0 Å². The predicted octanol–water partition coefficient (Wildman–Crippen LogP) is 5.52. The molecule has 0 aliphatic heterocycles. The first-order chi connectivity index (χ1) is 8.63. The van der Waals surface area contributed by atoms with Crippen molar-refractivity contribution in [3.8, 4) is 0 Å². The Balaban J connectivity index is 2.43. The summed E-state index contributed by atoms with van der Waals surface area (Å²) in [5, 5.41) is 4.21. The van der Waals surface area contributed by atoms with Crippen molar-refractivity contribution in [3.63, 3.8) is 0 Å². The standard InChI is InChI=1S/C13H12BrCl2NS/c1-2-17-12(8-5-3-4-6-10(8)15)11-7-9(14)13(16)18-11/h3-7,12,17H,2H2,1H3. The lowest BCUT2D eigenvalue weighted by Gasteiger charge is -2.18. The SMILES string of the molecule is CCNC(c1cc(Br)c(Cl)s1)c1ccccc1Cl. The van der Waals surface area contributed by atoms with Crippen molar-refractivity contribution < 1.29 is 0 Å². The second kappa shape index (κ2) is 6.40. The summed E-state index contributed by atoms with van der Waals surface area (Å²) in [5.74, 6) is 0. The second-order valence-corrected chi connectivity index (χ2v) is 6.73. The van der Waals surface area contributed by atoms with E-state index < -0.39 is 0 Å². The first-order valence-corrected chi connectivity index (χ1v) is 7.92. The topological polar surface area (TPSA) is 12.0 Å². The van der Waals surface area contributed by atoms with Gasteiger partial charge in [-0.05, 0) is 40.2 Å². The zero-order valence-corrected chi connectivity index (χ0v) is 13.6. The highest BCUT2D eigenvalue weighted by Crippen LogP contribution is 2.38. The third kappa shape index (κ3) is 3.09. The summed E-state index contributed by atoms with van der Waals surface area (Å²) in [5.41, 5.74) is 1.08. The fraction of sp³-hybridized carbons (Fsp3) is 0.231. The highest BCUT2D eigenvalue weighted by atomic mass is 79.9. The van der Waals surface area contributed by atoms with Crippen molar-refractivity contribution >= 4 is 50.5 Å². The van der Waals surface area contributed by atoms with Crippen LogP contribution in [0.1, 0.15) is 23.4 Å². The van der Waals surface area contributed by atoms with Gasteiger partial charge in [0.2, 0.25) is 0 Å². The van der Waals surface area contributed by atoms with E-state index in [4.69, 9.17) is 23.2 Å². The van der Waals surface area contributed by atoms with E-state index in [1.54, 1.807) is 11.3 Å². The Bertz CT molecular complexity index is 522. The summed E-state index contributed by atoms with van der Waals surface area (Å²) in [6.07, 6.45) is 0. The fourth-order valence-corrected chi connectivity index (χ4v) is 3.86. The van der Waals surface area contributed by atoms with Crippen LogP contribution in [0.4, 0.5) is 0 Å². The van der Waals surface area contributed by atoms with Gasteiger partial charge in [0.05, 0.1) is 6.04 Å². The molecule has 96 valence electrons. The van der Waals surface area contributed by atoms with Crippen LogP contribution < -0.4 is 5.32 Å². The average molecular weight is 365 g/mol. The smallest absolute Gasteiger partial charge is 0.107 e. The Hall–Kier alpha value is -0.0600. The molecule has 0 amide bonds. The lowest BCUT2D eigenvalue weighted by molar-refractivity contribution is 0.640. The Morgan fingerprint density at radius 1 is 1.33 bits per heavy atom. The molecule has 1 N–H and O–H groups in total. The molecule has 0 fully saturated rings. The molecule has 0 aliphatic rings. The lowest BCUT2D eigenvalue weighted by Crippen LogP contribution is -2.21. The maximum absolute atomic E-state index is 6.27. The summed E-state index contributed by atoms with van der Waals surface area (Å²) in [7, 11) is 0. The number of halogens is 3.